The molecule has 0 N–H and O–H groups in total. The van der Waals surface area contributed by atoms with E-state index in [1.807, 2.05) is 36.9 Å². The highest BCUT2D eigenvalue weighted by molar-refractivity contribution is 9.10. The minimum Gasteiger partial charge on any atom is -0.339 e. The van der Waals surface area contributed by atoms with E-state index < -0.39 is 0 Å². The molecule has 0 saturated heterocycles. The summed E-state index contributed by atoms with van der Waals surface area (Å²) >= 11 is 3.48. The quantitative estimate of drug-likeness (QED) is 0.705. The first-order chi connectivity index (χ1) is 10.0. The Morgan fingerprint density at radius 1 is 1.10 bits per heavy atom. The van der Waals surface area contributed by atoms with Gasteiger partial charge in [0.2, 0.25) is 0 Å². The van der Waals surface area contributed by atoms with Gasteiger partial charge in [-0.2, -0.15) is 0 Å². The molecular weight excluding hydrogens is 328 g/mol. The molecule has 21 heavy (non-hydrogen) atoms. The molecule has 0 aliphatic heterocycles. The van der Waals surface area contributed by atoms with E-state index in [2.05, 4.69) is 34.7 Å². The van der Waals surface area contributed by atoms with E-state index in [9.17, 15) is 4.79 Å². The molecule has 0 fully saturated rings. The third-order valence-electron chi connectivity index (χ3n) is 3.87. The molecule has 118 valence electrons. The average molecular weight is 355 g/mol. The lowest BCUT2D eigenvalue weighted by Gasteiger charge is -2.24. The van der Waals surface area contributed by atoms with Gasteiger partial charge in [-0.25, -0.2) is 0 Å². The van der Waals surface area contributed by atoms with Crippen molar-refractivity contribution in [3.8, 4) is 0 Å². The predicted octanol–water partition coefficient (Wildman–Crippen LogP) is 3.95. The SMILES string of the molecule is CCN(CC)CCCN(CC)C(=O)c1ccc(Br)c(C)c1. The van der Waals surface area contributed by atoms with E-state index in [1.54, 1.807) is 0 Å². The van der Waals surface area contributed by atoms with Gasteiger partial charge in [-0.1, -0.05) is 29.8 Å². The Balaban J connectivity index is 2.62. The van der Waals surface area contributed by atoms with Crippen molar-refractivity contribution in [2.45, 2.75) is 34.1 Å². The number of amides is 1. The van der Waals surface area contributed by atoms with Crippen LogP contribution < -0.4 is 0 Å². The lowest BCUT2D eigenvalue weighted by Crippen LogP contribution is -2.34. The van der Waals surface area contributed by atoms with Gasteiger partial charge in [-0.05, 0) is 63.7 Å². The average Bonchev–Trinajstić information content (AvgIpc) is 2.50. The normalized spacial score (nSPS) is 11.0. The molecule has 3 nitrogen and oxygen atoms in total. The second-order valence-corrected chi connectivity index (χ2v) is 6.08. The molecule has 0 heterocycles. The molecular formula is C17H27BrN2O. The topological polar surface area (TPSA) is 23.6 Å². The predicted molar refractivity (Wildman–Crippen MR) is 92.9 cm³/mol. The van der Waals surface area contributed by atoms with Crippen LogP contribution in [0.15, 0.2) is 22.7 Å². The van der Waals surface area contributed by atoms with Crippen LogP contribution in [0, 0.1) is 6.92 Å². The highest BCUT2D eigenvalue weighted by Crippen LogP contribution is 2.18. The summed E-state index contributed by atoms with van der Waals surface area (Å²) in [5.41, 5.74) is 1.88. The van der Waals surface area contributed by atoms with Gasteiger partial charge in [0, 0.05) is 23.1 Å². The second-order valence-electron chi connectivity index (χ2n) is 5.23. The molecule has 4 heteroatoms. The zero-order chi connectivity index (χ0) is 15.8. The van der Waals surface area contributed by atoms with Crippen molar-refractivity contribution in [3.05, 3.63) is 33.8 Å². The van der Waals surface area contributed by atoms with Gasteiger partial charge in [0.05, 0.1) is 0 Å². The molecule has 1 aromatic carbocycles. The molecule has 0 aromatic heterocycles. The molecule has 1 aromatic rings. The van der Waals surface area contributed by atoms with Crippen LogP contribution in [0.4, 0.5) is 0 Å². The number of carbonyl (C=O) groups is 1. The van der Waals surface area contributed by atoms with Crippen molar-refractivity contribution in [2.24, 2.45) is 0 Å². The minimum atomic E-state index is 0.132. The molecule has 0 atom stereocenters. The Hall–Kier alpha value is -0.870. The number of benzene rings is 1. The highest BCUT2D eigenvalue weighted by Gasteiger charge is 2.14. The standard InChI is InChI=1S/C17H27BrN2O/c1-5-19(6-2)11-8-12-20(7-3)17(21)15-9-10-16(18)14(4)13-15/h9-10,13H,5-8,11-12H2,1-4H3. The van der Waals surface area contributed by atoms with Gasteiger partial charge in [-0.15, -0.1) is 0 Å². The van der Waals surface area contributed by atoms with E-state index in [0.717, 1.165) is 54.7 Å². The monoisotopic (exact) mass is 354 g/mol. The van der Waals surface area contributed by atoms with Crippen LogP contribution in [0.3, 0.4) is 0 Å². The summed E-state index contributed by atoms with van der Waals surface area (Å²) in [6.07, 6.45) is 1.02. The van der Waals surface area contributed by atoms with Crippen molar-refractivity contribution in [2.75, 3.05) is 32.7 Å². The van der Waals surface area contributed by atoms with Crippen molar-refractivity contribution in [1.29, 1.82) is 0 Å². The number of carbonyl (C=O) groups excluding carboxylic acids is 1. The Morgan fingerprint density at radius 2 is 1.76 bits per heavy atom. The Bertz CT molecular complexity index is 458. The van der Waals surface area contributed by atoms with E-state index in [0.29, 0.717) is 0 Å². The van der Waals surface area contributed by atoms with Crippen molar-refractivity contribution >= 4 is 21.8 Å². The summed E-state index contributed by atoms with van der Waals surface area (Å²) in [7, 11) is 0. The zero-order valence-electron chi connectivity index (χ0n) is 13.7. The molecule has 0 radical (unpaired) electrons. The lowest BCUT2D eigenvalue weighted by atomic mass is 10.1. The molecule has 1 amide bonds. The number of nitrogens with zero attached hydrogens (tertiary/aromatic N) is 2. The van der Waals surface area contributed by atoms with E-state index in [1.165, 1.54) is 0 Å². The Morgan fingerprint density at radius 3 is 2.29 bits per heavy atom. The second kappa shape index (κ2) is 9.21. The zero-order valence-corrected chi connectivity index (χ0v) is 15.2. The fraction of sp³-hybridized carbons (Fsp3) is 0.588. The number of aryl methyl sites for hydroxylation is 1. The van der Waals surface area contributed by atoms with Crippen LogP contribution in [0.2, 0.25) is 0 Å². The first-order valence-corrected chi connectivity index (χ1v) is 8.60. The number of halogens is 1. The minimum absolute atomic E-state index is 0.132. The Labute approximate surface area is 137 Å². The van der Waals surface area contributed by atoms with Gasteiger partial charge in [0.25, 0.3) is 5.91 Å². The van der Waals surface area contributed by atoms with Crippen LogP contribution in [0.1, 0.15) is 43.1 Å². The third-order valence-corrected chi connectivity index (χ3v) is 4.76. The Kier molecular flexibility index (Phi) is 7.97. The first-order valence-electron chi connectivity index (χ1n) is 7.81. The van der Waals surface area contributed by atoms with Crippen molar-refractivity contribution in [3.63, 3.8) is 0 Å². The van der Waals surface area contributed by atoms with Gasteiger partial charge in [-0.3, -0.25) is 4.79 Å². The molecule has 0 aliphatic carbocycles. The number of hydrogen-bond acceptors (Lipinski definition) is 2. The van der Waals surface area contributed by atoms with E-state index in [4.69, 9.17) is 0 Å². The van der Waals surface area contributed by atoms with Gasteiger partial charge in [0.1, 0.15) is 0 Å². The molecule has 0 saturated carbocycles. The summed E-state index contributed by atoms with van der Waals surface area (Å²) in [4.78, 5) is 16.9. The lowest BCUT2D eigenvalue weighted by molar-refractivity contribution is 0.0757. The number of hydrogen-bond donors (Lipinski definition) is 0. The van der Waals surface area contributed by atoms with Crippen LogP contribution in [0.25, 0.3) is 0 Å². The fourth-order valence-corrected chi connectivity index (χ4v) is 2.64. The summed E-state index contributed by atoms with van der Waals surface area (Å²) < 4.78 is 1.05. The molecule has 0 aliphatic rings. The van der Waals surface area contributed by atoms with Crippen LogP contribution in [-0.4, -0.2) is 48.4 Å². The van der Waals surface area contributed by atoms with Crippen molar-refractivity contribution in [1.82, 2.24) is 9.80 Å². The van der Waals surface area contributed by atoms with Gasteiger partial charge >= 0.3 is 0 Å². The first kappa shape index (κ1) is 18.2. The van der Waals surface area contributed by atoms with Crippen molar-refractivity contribution < 1.29 is 4.79 Å². The fourth-order valence-electron chi connectivity index (χ4n) is 2.39. The van der Waals surface area contributed by atoms with E-state index in [-0.39, 0.29) is 5.91 Å². The summed E-state index contributed by atoms with van der Waals surface area (Å²) in [5, 5.41) is 0. The molecule has 0 unspecified atom stereocenters. The van der Waals surface area contributed by atoms with Crippen LogP contribution in [0.5, 0.6) is 0 Å². The molecule has 0 bridgehead atoms. The van der Waals surface area contributed by atoms with Crippen LogP contribution in [-0.2, 0) is 0 Å². The van der Waals surface area contributed by atoms with E-state index >= 15 is 0 Å². The van der Waals surface area contributed by atoms with Gasteiger partial charge < -0.3 is 9.80 Å². The summed E-state index contributed by atoms with van der Waals surface area (Å²) in [6.45, 7) is 13.2. The maximum Gasteiger partial charge on any atom is 0.253 e. The summed E-state index contributed by atoms with van der Waals surface area (Å²) in [6, 6.07) is 5.80. The van der Waals surface area contributed by atoms with Crippen LogP contribution >= 0.6 is 15.9 Å². The summed E-state index contributed by atoms with van der Waals surface area (Å²) in [5.74, 6) is 0.132. The molecule has 1 rings (SSSR count). The smallest absolute Gasteiger partial charge is 0.253 e. The maximum absolute atomic E-state index is 12.6. The largest absolute Gasteiger partial charge is 0.339 e. The van der Waals surface area contributed by atoms with Gasteiger partial charge in [0.15, 0.2) is 0 Å². The highest BCUT2D eigenvalue weighted by atomic mass is 79.9. The number of rotatable bonds is 8. The third kappa shape index (κ3) is 5.44. The molecule has 0 spiro atoms. The maximum atomic E-state index is 12.6.